The summed E-state index contributed by atoms with van der Waals surface area (Å²) >= 11 is 1.49. The van der Waals surface area contributed by atoms with E-state index in [0.717, 1.165) is 27.9 Å². The zero-order chi connectivity index (χ0) is 20.0. The van der Waals surface area contributed by atoms with Gasteiger partial charge in [-0.1, -0.05) is 25.6 Å². The van der Waals surface area contributed by atoms with Crippen molar-refractivity contribution in [1.29, 1.82) is 0 Å². The minimum absolute atomic E-state index is 0.337. The zero-order valence-electron chi connectivity index (χ0n) is 16.6. The van der Waals surface area contributed by atoms with Gasteiger partial charge in [-0.05, 0) is 61.6 Å². The van der Waals surface area contributed by atoms with Crippen LogP contribution in [-0.2, 0) is 5.75 Å². The summed E-state index contributed by atoms with van der Waals surface area (Å²) in [4.78, 5) is 21.0. The number of fused-ring (bicyclic) bond motifs is 2. The first kappa shape index (κ1) is 18.7. The second kappa shape index (κ2) is 7.05. The van der Waals surface area contributed by atoms with Crippen LogP contribution in [0.5, 0.6) is 0 Å². The first-order valence-corrected chi connectivity index (χ1v) is 10.2. The summed E-state index contributed by atoms with van der Waals surface area (Å²) in [6, 6.07) is 7.64. The highest BCUT2D eigenvalue weighted by Gasteiger charge is 2.13. The Morgan fingerprint density at radius 2 is 1.89 bits per heavy atom. The second-order valence-corrected chi connectivity index (χ2v) is 8.33. The fourth-order valence-electron chi connectivity index (χ4n) is 3.48. The molecule has 0 spiro atoms. The van der Waals surface area contributed by atoms with Crippen molar-refractivity contribution in [3.8, 4) is 0 Å². The molecule has 0 aliphatic carbocycles. The molecule has 0 atom stereocenters. The van der Waals surface area contributed by atoms with Crippen molar-refractivity contribution in [2.75, 3.05) is 0 Å². The Morgan fingerprint density at radius 3 is 2.64 bits per heavy atom. The van der Waals surface area contributed by atoms with Crippen molar-refractivity contribution in [1.82, 2.24) is 19.6 Å². The minimum Gasteiger partial charge on any atom is -0.423 e. The van der Waals surface area contributed by atoms with Crippen molar-refractivity contribution in [3.63, 3.8) is 0 Å². The Kier molecular flexibility index (Phi) is 4.71. The molecule has 0 amide bonds. The van der Waals surface area contributed by atoms with Gasteiger partial charge >= 0.3 is 5.63 Å². The summed E-state index contributed by atoms with van der Waals surface area (Å²) in [5.41, 5.74) is 5.51. The van der Waals surface area contributed by atoms with Crippen LogP contribution in [0.3, 0.4) is 0 Å². The topological polar surface area (TPSA) is 73.3 Å². The van der Waals surface area contributed by atoms with E-state index in [4.69, 9.17) is 4.42 Å². The van der Waals surface area contributed by atoms with Crippen LogP contribution in [-0.4, -0.2) is 19.6 Å². The SMILES string of the molecule is Cc1cc(C)n2nc(SCc3cc(=O)oc4cc(C)c(C(C)C)cc34)nc2n1. The number of aryl methyl sites for hydroxylation is 3. The lowest BCUT2D eigenvalue weighted by atomic mass is 9.95. The molecule has 4 aromatic rings. The summed E-state index contributed by atoms with van der Waals surface area (Å²) in [5, 5.41) is 6.14. The molecule has 144 valence electrons. The number of thioether (sulfide) groups is 1. The van der Waals surface area contributed by atoms with Gasteiger partial charge < -0.3 is 4.42 Å². The smallest absolute Gasteiger partial charge is 0.336 e. The lowest BCUT2D eigenvalue weighted by molar-refractivity contribution is 0.559. The third-order valence-electron chi connectivity index (χ3n) is 4.79. The summed E-state index contributed by atoms with van der Waals surface area (Å²) in [6.45, 7) is 10.3. The molecule has 0 radical (unpaired) electrons. The van der Waals surface area contributed by atoms with Crippen LogP contribution in [0.2, 0.25) is 0 Å². The van der Waals surface area contributed by atoms with Crippen molar-refractivity contribution in [2.24, 2.45) is 0 Å². The first-order valence-electron chi connectivity index (χ1n) is 9.23. The van der Waals surface area contributed by atoms with Gasteiger partial charge in [0.15, 0.2) is 0 Å². The zero-order valence-corrected chi connectivity index (χ0v) is 17.4. The van der Waals surface area contributed by atoms with E-state index in [1.54, 1.807) is 10.6 Å². The Bertz CT molecular complexity index is 1260. The van der Waals surface area contributed by atoms with Crippen LogP contribution in [0.15, 0.2) is 38.6 Å². The summed E-state index contributed by atoms with van der Waals surface area (Å²) in [6.07, 6.45) is 0. The van der Waals surface area contributed by atoms with Gasteiger partial charge in [-0.3, -0.25) is 0 Å². The Hall–Kier alpha value is -2.67. The van der Waals surface area contributed by atoms with E-state index in [0.29, 0.717) is 28.2 Å². The Labute approximate surface area is 167 Å². The number of nitrogens with zero attached hydrogens (tertiary/aromatic N) is 4. The predicted octanol–water partition coefficient (Wildman–Crippen LogP) is 4.57. The lowest BCUT2D eigenvalue weighted by Crippen LogP contribution is -2.02. The molecule has 3 aromatic heterocycles. The number of benzene rings is 1. The summed E-state index contributed by atoms with van der Waals surface area (Å²) < 4.78 is 7.18. The second-order valence-electron chi connectivity index (χ2n) is 7.38. The Balaban J connectivity index is 1.72. The lowest BCUT2D eigenvalue weighted by Gasteiger charge is -2.12. The maximum Gasteiger partial charge on any atom is 0.336 e. The summed E-state index contributed by atoms with van der Waals surface area (Å²) in [5.74, 6) is 1.57. The first-order chi connectivity index (χ1) is 13.3. The largest absolute Gasteiger partial charge is 0.423 e. The average Bonchev–Trinajstić information content (AvgIpc) is 3.01. The predicted molar refractivity (Wildman–Crippen MR) is 111 cm³/mol. The molecule has 4 rings (SSSR count). The van der Waals surface area contributed by atoms with Gasteiger partial charge in [0.1, 0.15) is 5.58 Å². The van der Waals surface area contributed by atoms with Crippen LogP contribution in [0.4, 0.5) is 0 Å². The standard InChI is InChI=1S/C21H22N4O2S/c1-11(2)16-9-17-15(8-19(26)27-18(17)6-12(16)3)10-28-21-23-20-22-13(4)7-14(5)25(20)24-21/h6-9,11H,10H2,1-5H3. The quantitative estimate of drug-likeness (QED) is 0.373. The highest BCUT2D eigenvalue weighted by Crippen LogP contribution is 2.29. The van der Waals surface area contributed by atoms with E-state index in [1.807, 2.05) is 32.9 Å². The van der Waals surface area contributed by atoms with Gasteiger partial charge in [0.2, 0.25) is 5.16 Å². The molecule has 0 saturated carbocycles. The van der Waals surface area contributed by atoms with Crippen molar-refractivity contribution < 1.29 is 4.42 Å². The van der Waals surface area contributed by atoms with Crippen LogP contribution < -0.4 is 5.63 Å². The number of aromatic nitrogens is 4. The molecule has 3 heterocycles. The van der Waals surface area contributed by atoms with Gasteiger partial charge in [-0.2, -0.15) is 4.98 Å². The highest BCUT2D eigenvalue weighted by molar-refractivity contribution is 7.98. The van der Waals surface area contributed by atoms with E-state index in [-0.39, 0.29) is 5.63 Å². The molecule has 28 heavy (non-hydrogen) atoms. The molecule has 0 bridgehead atoms. The van der Waals surface area contributed by atoms with Gasteiger partial charge in [-0.25, -0.2) is 14.3 Å². The molecular formula is C21H22N4O2S. The number of hydrogen-bond donors (Lipinski definition) is 0. The van der Waals surface area contributed by atoms with Gasteiger partial charge in [0, 0.05) is 28.6 Å². The molecule has 0 saturated heterocycles. The molecule has 6 nitrogen and oxygen atoms in total. The van der Waals surface area contributed by atoms with E-state index < -0.39 is 0 Å². The van der Waals surface area contributed by atoms with Crippen LogP contribution in [0, 0.1) is 20.8 Å². The van der Waals surface area contributed by atoms with E-state index in [9.17, 15) is 4.79 Å². The third-order valence-corrected chi connectivity index (χ3v) is 5.68. The number of rotatable bonds is 4. The fraction of sp³-hybridized carbons (Fsp3) is 0.333. The van der Waals surface area contributed by atoms with Gasteiger partial charge in [-0.15, -0.1) is 5.10 Å². The highest BCUT2D eigenvalue weighted by atomic mass is 32.2. The molecule has 0 aliphatic heterocycles. The van der Waals surface area contributed by atoms with Crippen molar-refractivity contribution >= 4 is 28.5 Å². The van der Waals surface area contributed by atoms with Crippen LogP contribution >= 0.6 is 11.8 Å². The molecule has 0 fully saturated rings. The average molecular weight is 395 g/mol. The van der Waals surface area contributed by atoms with Gasteiger partial charge in [0.05, 0.1) is 0 Å². The molecular weight excluding hydrogens is 372 g/mol. The maximum atomic E-state index is 12.0. The molecule has 0 unspecified atom stereocenters. The Morgan fingerprint density at radius 1 is 1.11 bits per heavy atom. The van der Waals surface area contributed by atoms with Crippen LogP contribution in [0.1, 0.15) is 47.8 Å². The molecule has 0 aliphatic rings. The fourth-order valence-corrected chi connectivity index (χ4v) is 4.29. The van der Waals surface area contributed by atoms with E-state index >= 15 is 0 Å². The van der Waals surface area contributed by atoms with E-state index in [1.165, 1.54) is 17.3 Å². The normalized spacial score (nSPS) is 11.8. The third kappa shape index (κ3) is 3.42. The monoisotopic (exact) mass is 394 g/mol. The van der Waals surface area contributed by atoms with Crippen molar-refractivity contribution in [3.05, 3.63) is 62.8 Å². The van der Waals surface area contributed by atoms with E-state index in [2.05, 4.69) is 35.0 Å². The number of hydrogen-bond acceptors (Lipinski definition) is 6. The van der Waals surface area contributed by atoms with Crippen molar-refractivity contribution in [2.45, 2.75) is 51.4 Å². The van der Waals surface area contributed by atoms with Gasteiger partial charge in [0.25, 0.3) is 5.78 Å². The molecule has 7 heteroatoms. The summed E-state index contributed by atoms with van der Waals surface area (Å²) in [7, 11) is 0. The minimum atomic E-state index is -0.337. The molecule has 1 aromatic carbocycles. The molecule has 0 N–H and O–H groups in total. The van der Waals surface area contributed by atoms with Crippen LogP contribution in [0.25, 0.3) is 16.7 Å². The maximum absolute atomic E-state index is 12.0.